The van der Waals surface area contributed by atoms with E-state index in [-0.39, 0.29) is 0 Å². The van der Waals surface area contributed by atoms with Crippen LogP contribution in [-0.2, 0) is 0 Å². The molecule has 1 aliphatic rings. The number of hydrogen-bond donors (Lipinski definition) is 0. The highest BCUT2D eigenvalue weighted by atomic mass is 79.9. The van der Waals surface area contributed by atoms with Crippen molar-refractivity contribution in [2.75, 3.05) is 25.0 Å². The summed E-state index contributed by atoms with van der Waals surface area (Å²) in [7, 11) is 2.16. The summed E-state index contributed by atoms with van der Waals surface area (Å²) in [5, 5.41) is 0. The van der Waals surface area contributed by atoms with Crippen LogP contribution in [0.2, 0.25) is 0 Å². The lowest BCUT2D eigenvalue weighted by Crippen LogP contribution is -2.45. The van der Waals surface area contributed by atoms with Crippen LogP contribution >= 0.6 is 15.9 Å². The van der Waals surface area contributed by atoms with E-state index in [9.17, 15) is 0 Å². The van der Waals surface area contributed by atoms with Gasteiger partial charge in [-0.2, -0.15) is 0 Å². The number of piperidine rings is 1. The van der Waals surface area contributed by atoms with Crippen molar-refractivity contribution >= 4 is 21.7 Å². The second-order valence-corrected chi connectivity index (χ2v) is 6.22. The summed E-state index contributed by atoms with van der Waals surface area (Å²) in [4.78, 5) is 9.35. The molecule has 0 saturated carbocycles. The van der Waals surface area contributed by atoms with Gasteiger partial charge in [0.2, 0.25) is 0 Å². The summed E-state index contributed by atoms with van der Waals surface area (Å²) in [6.45, 7) is 6.95. The highest BCUT2D eigenvalue weighted by molar-refractivity contribution is 9.10. The zero-order valence-corrected chi connectivity index (χ0v) is 13.0. The smallest absolute Gasteiger partial charge is 0.128 e. The molecule has 0 spiro atoms. The largest absolute Gasteiger partial charge is 0.357 e. The summed E-state index contributed by atoms with van der Waals surface area (Å²) in [6.07, 6.45) is 4.33. The van der Waals surface area contributed by atoms with Gasteiger partial charge in [0.05, 0.1) is 0 Å². The maximum Gasteiger partial charge on any atom is 0.128 e. The monoisotopic (exact) mass is 311 g/mol. The van der Waals surface area contributed by atoms with Crippen LogP contribution in [0.25, 0.3) is 0 Å². The molecule has 1 aliphatic heterocycles. The lowest BCUT2D eigenvalue weighted by atomic mass is 10.0. The van der Waals surface area contributed by atoms with E-state index >= 15 is 0 Å². The highest BCUT2D eigenvalue weighted by Crippen LogP contribution is 2.22. The molecule has 0 atom stereocenters. The van der Waals surface area contributed by atoms with Crippen molar-refractivity contribution in [3.63, 3.8) is 0 Å². The summed E-state index contributed by atoms with van der Waals surface area (Å²) in [5.74, 6) is 1.07. The molecule has 0 aromatic carbocycles. The molecule has 2 rings (SSSR count). The first-order valence-corrected chi connectivity index (χ1v) is 7.45. The second kappa shape index (κ2) is 6.02. The van der Waals surface area contributed by atoms with Gasteiger partial charge in [-0.05, 0) is 54.8 Å². The Labute approximate surface area is 118 Å². The minimum atomic E-state index is 0.619. The van der Waals surface area contributed by atoms with Crippen LogP contribution in [0.15, 0.2) is 22.8 Å². The van der Waals surface area contributed by atoms with E-state index in [4.69, 9.17) is 0 Å². The summed E-state index contributed by atoms with van der Waals surface area (Å²) >= 11 is 3.43. The van der Waals surface area contributed by atoms with E-state index in [1.165, 1.54) is 25.9 Å². The third kappa shape index (κ3) is 3.23. The molecule has 0 aliphatic carbocycles. The Morgan fingerprint density at radius 2 is 2.00 bits per heavy atom. The van der Waals surface area contributed by atoms with Gasteiger partial charge in [-0.25, -0.2) is 4.98 Å². The van der Waals surface area contributed by atoms with Crippen molar-refractivity contribution in [3.8, 4) is 0 Å². The number of rotatable bonds is 3. The van der Waals surface area contributed by atoms with Gasteiger partial charge in [-0.15, -0.1) is 0 Å². The van der Waals surface area contributed by atoms with Crippen molar-refractivity contribution in [1.82, 2.24) is 9.88 Å². The molecule has 100 valence electrons. The first kappa shape index (κ1) is 13.8. The van der Waals surface area contributed by atoms with Gasteiger partial charge in [0.1, 0.15) is 5.82 Å². The van der Waals surface area contributed by atoms with Crippen LogP contribution in [0, 0.1) is 0 Å². The Morgan fingerprint density at radius 1 is 1.33 bits per heavy atom. The molecule has 1 aromatic rings. The molecule has 18 heavy (non-hydrogen) atoms. The molecular formula is C14H22BrN3. The topological polar surface area (TPSA) is 19.4 Å². The Balaban J connectivity index is 1.95. The Hall–Kier alpha value is -0.610. The zero-order valence-electron chi connectivity index (χ0n) is 11.4. The fourth-order valence-corrected chi connectivity index (χ4v) is 2.79. The number of halogens is 1. The van der Waals surface area contributed by atoms with Gasteiger partial charge in [-0.1, -0.05) is 0 Å². The van der Waals surface area contributed by atoms with Gasteiger partial charge in [-0.3, -0.25) is 0 Å². The molecule has 0 amide bonds. The Bertz CT molecular complexity index is 369. The molecule has 2 heterocycles. The predicted molar refractivity (Wildman–Crippen MR) is 80.1 cm³/mol. The summed E-state index contributed by atoms with van der Waals surface area (Å²) in [5.41, 5.74) is 0. The molecule has 0 unspecified atom stereocenters. The second-order valence-electron chi connectivity index (χ2n) is 5.31. The maximum absolute atomic E-state index is 4.47. The number of likely N-dealkylation sites (tertiary alicyclic amines) is 1. The first-order chi connectivity index (χ1) is 8.58. The Kier molecular flexibility index (Phi) is 4.62. The van der Waals surface area contributed by atoms with Crippen molar-refractivity contribution in [2.24, 2.45) is 0 Å². The van der Waals surface area contributed by atoms with Crippen LogP contribution < -0.4 is 4.90 Å². The van der Waals surface area contributed by atoms with E-state index in [1.807, 2.05) is 6.20 Å². The normalized spacial score (nSPS) is 18.3. The molecule has 1 saturated heterocycles. The van der Waals surface area contributed by atoms with Gasteiger partial charge < -0.3 is 9.80 Å². The SMILES string of the molecule is CC(C)N1CCC(N(C)c2ccc(Br)cn2)CC1. The maximum atomic E-state index is 4.47. The highest BCUT2D eigenvalue weighted by Gasteiger charge is 2.24. The van der Waals surface area contributed by atoms with E-state index in [0.717, 1.165) is 10.3 Å². The lowest BCUT2D eigenvalue weighted by molar-refractivity contribution is 0.171. The molecule has 4 heteroatoms. The number of hydrogen-bond acceptors (Lipinski definition) is 3. The molecule has 1 fully saturated rings. The van der Waals surface area contributed by atoms with Gasteiger partial charge in [0.15, 0.2) is 0 Å². The fraction of sp³-hybridized carbons (Fsp3) is 0.643. The third-order valence-electron chi connectivity index (χ3n) is 3.85. The standard InChI is InChI=1S/C14H22BrN3/c1-11(2)18-8-6-13(7-9-18)17(3)14-5-4-12(15)10-16-14/h4-5,10-11,13H,6-9H2,1-3H3. The molecule has 0 N–H and O–H groups in total. The van der Waals surface area contributed by atoms with Crippen LogP contribution in [0.1, 0.15) is 26.7 Å². The molecular weight excluding hydrogens is 290 g/mol. The van der Waals surface area contributed by atoms with E-state index in [1.54, 1.807) is 0 Å². The van der Waals surface area contributed by atoms with Gasteiger partial charge in [0, 0.05) is 42.9 Å². The predicted octanol–water partition coefficient (Wildman–Crippen LogP) is 3.15. The van der Waals surface area contributed by atoms with E-state index in [2.05, 4.69) is 63.7 Å². The summed E-state index contributed by atoms with van der Waals surface area (Å²) in [6, 6.07) is 5.43. The van der Waals surface area contributed by atoms with Crippen LogP contribution in [0.4, 0.5) is 5.82 Å². The lowest BCUT2D eigenvalue weighted by Gasteiger charge is -2.39. The molecule has 0 bridgehead atoms. The third-order valence-corrected chi connectivity index (χ3v) is 4.32. The van der Waals surface area contributed by atoms with Crippen molar-refractivity contribution in [3.05, 3.63) is 22.8 Å². The molecule has 1 aromatic heterocycles. The summed E-state index contributed by atoms with van der Waals surface area (Å²) < 4.78 is 1.04. The minimum absolute atomic E-state index is 0.619. The average molecular weight is 312 g/mol. The number of aromatic nitrogens is 1. The molecule has 3 nitrogen and oxygen atoms in total. The van der Waals surface area contributed by atoms with Crippen molar-refractivity contribution in [2.45, 2.75) is 38.8 Å². The van der Waals surface area contributed by atoms with Crippen LogP contribution in [-0.4, -0.2) is 42.1 Å². The van der Waals surface area contributed by atoms with Crippen LogP contribution in [0.5, 0.6) is 0 Å². The first-order valence-electron chi connectivity index (χ1n) is 6.66. The quantitative estimate of drug-likeness (QED) is 0.855. The Morgan fingerprint density at radius 3 is 2.50 bits per heavy atom. The number of nitrogens with zero attached hydrogens (tertiary/aromatic N) is 3. The molecule has 0 radical (unpaired) electrons. The fourth-order valence-electron chi connectivity index (χ4n) is 2.55. The minimum Gasteiger partial charge on any atom is -0.357 e. The van der Waals surface area contributed by atoms with Gasteiger partial charge in [0.25, 0.3) is 0 Å². The number of anilines is 1. The van der Waals surface area contributed by atoms with Gasteiger partial charge >= 0.3 is 0 Å². The van der Waals surface area contributed by atoms with E-state index < -0.39 is 0 Å². The average Bonchev–Trinajstić information content (AvgIpc) is 2.39. The van der Waals surface area contributed by atoms with Crippen LogP contribution in [0.3, 0.4) is 0 Å². The van der Waals surface area contributed by atoms with Crippen molar-refractivity contribution in [1.29, 1.82) is 0 Å². The zero-order chi connectivity index (χ0) is 13.1. The number of pyridine rings is 1. The van der Waals surface area contributed by atoms with Crippen molar-refractivity contribution < 1.29 is 0 Å². The van der Waals surface area contributed by atoms with E-state index in [0.29, 0.717) is 12.1 Å².